The maximum Gasteiger partial charge on any atom is 0.390 e. The quantitative estimate of drug-likeness (QED) is 0.772. The summed E-state index contributed by atoms with van der Waals surface area (Å²) >= 11 is 0. The monoisotopic (exact) mass is 276 g/mol. The van der Waals surface area contributed by atoms with Crippen LogP contribution in [0.5, 0.6) is 0 Å². The lowest BCUT2D eigenvalue weighted by Crippen LogP contribution is -2.29. The van der Waals surface area contributed by atoms with Gasteiger partial charge in [-0.25, -0.2) is 8.42 Å². The molecule has 0 amide bonds. The zero-order chi connectivity index (χ0) is 13.7. The second-order valence-corrected chi connectivity index (χ2v) is 6.14. The van der Waals surface area contributed by atoms with Crippen LogP contribution < -0.4 is 0 Å². The minimum atomic E-state index is -4.55. The van der Waals surface area contributed by atoms with Crippen LogP contribution in [0.4, 0.5) is 13.2 Å². The maximum absolute atomic E-state index is 11.9. The molecule has 1 N–H and O–H groups in total. The molecule has 0 aromatic rings. The largest absolute Gasteiger partial charge is 0.481 e. The average molecular weight is 276 g/mol. The summed E-state index contributed by atoms with van der Waals surface area (Å²) in [5.74, 6) is -2.37. The van der Waals surface area contributed by atoms with Crippen LogP contribution in [0, 0.1) is 0 Å². The zero-order valence-electron chi connectivity index (χ0n) is 9.33. The van der Waals surface area contributed by atoms with Gasteiger partial charge in [-0.3, -0.25) is 4.79 Å². The van der Waals surface area contributed by atoms with Gasteiger partial charge in [-0.2, -0.15) is 13.2 Å². The van der Waals surface area contributed by atoms with Crippen molar-refractivity contribution in [2.75, 3.05) is 5.75 Å². The van der Waals surface area contributed by atoms with Gasteiger partial charge in [0.25, 0.3) is 0 Å². The summed E-state index contributed by atoms with van der Waals surface area (Å²) in [4.78, 5) is 10.4. The molecule has 102 valence electrons. The highest BCUT2D eigenvalue weighted by Crippen LogP contribution is 2.23. The van der Waals surface area contributed by atoms with Crippen molar-refractivity contribution in [1.82, 2.24) is 0 Å². The molecule has 0 fully saturated rings. The molecule has 0 aliphatic heterocycles. The third-order valence-corrected chi connectivity index (χ3v) is 4.38. The van der Waals surface area contributed by atoms with E-state index >= 15 is 0 Å². The van der Waals surface area contributed by atoms with Gasteiger partial charge in [0.15, 0.2) is 9.84 Å². The van der Waals surface area contributed by atoms with Gasteiger partial charge >= 0.3 is 12.1 Å². The average Bonchev–Trinajstić information content (AvgIpc) is 2.13. The van der Waals surface area contributed by atoms with Crippen molar-refractivity contribution in [3.63, 3.8) is 0 Å². The molecule has 4 nitrogen and oxygen atoms in total. The van der Waals surface area contributed by atoms with Crippen LogP contribution >= 0.6 is 0 Å². The number of hydrogen-bond acceptors (Lipinski definition) is 3. The Morgan fingerprint density at radius 3 is 2.24 bits per heavy atom. The van der Waals surface area contributed by atoms with Crippen molar-refractivity contribution >= 4 is 15.8 Å². The molecule has 0 radical (unpaired) electrons. The van der Waals surface area contributed by atoms with Crippen LogP contribution in [-0.2, 0) is 14.6 Å². The van der Waals surface area contributed by atoms with Crippen LogP contribution in [-0.4, -0.2) is 36.7 Å². The molecule has 0 aliphatic rings. The number of carbonyl (C=O) groups is 1. The minimum Gasteiger partial charge on any atom is -0.481 e. The van der Waals surface area contributed by atoms with Crippen molar-refractivity contribution in [1.29, 1.82) is 0 Å². The first-order chi connectivity index (χ1) is 7.58. The molecule has 0 spiro atoms. The first-order valence-electron chi connectivity index (χ1n) is 5.08. The fraction of sp³-hybridized carbons (Fsp3) is 0.889. The molecule has 0 aliphatic carbocycles. The van der Waals surface area contributed by atoms with E-state index in [-0.39, 0.29) is 6.42 Å². The van der Waals surface area contributed by atoms with Gasteiger partial charge in [-0.05, 0) is 6.42 Å². The summed E-state index contributed by atoms with van der Waals surface area (Å²) in [6, 6.07) is 0. The number of carboxylic acid groups (broad SMARTS) is 1. The van der Waals surface area contributed by atoms with E-state index < -0.39 is 45.8 Å². The molecule has 0 heterocycles. The van der Waals surface area contributed by atoms with E-state index in [1.165, 1.54) is 0 Å². The molecular weight excluding hydrogens is 261 g/mol. The van der Waals surface area contributed by atoms with Gasteiger partial charge in [0.1, 0.15) is 0 Å². The number of alkyl halides is 3. The van der Waals surface area contributed by atoms with Crippen molar-refractivity contribution in [3.05, 3.63) is 0 Å². The number of carboxylic acids is 1. The van der Waals surface area contributed by atoms with Gasteiger partial charge in [-0.1, -0.05) is 13.3 Å². The number of rotatable bonds is 7. The molecular formula is C9H15F3O4S. The molecule has 1 unspecified atom stereocenters. The lowest BCUT2D eigenvalue weighted by Gasteiger charge is -2.15. The molecule has 17 heavy (non-hydrogen) atoms. The topological polar surface area (TPSA) is 71.4 Å². The van der Waals surface area contributed by atoms with Crippen molar-refractivity contribution in [2.45, 2.75) is 44.0 Å². The van der Waals surface area contributed by atoms with Crippen molar-refractivity contribution < 1.29 is 31.5 Å². The lowest BCUT2D eigenvalue weighted by atomic mass is 10.2. The first-order valence-corrected chi connectivity index (χ1v) is 6.80. The zero-order valence-corrected chi connectivity index (χ0v) is 10.1. The number of aliphatic carboxylic acids is 1. The highest BCUT2D eigenvalue weighted by Gasteiger charge is 2.34. The normalized spacial score (nSPS) is 14.6. The third-order valence-electron chi connectivity index (χ3n) is 2.19. The lowest BCUT2D eigenvalue weighted by molar-refractivity contribution is -0.137. The molecule has 1 atom stereocenters. The SMILES string of the molecule is CCCC(CC(=O)O)S(=O)(=O)CCC(F)(F)F. The summed E-state index contributed by atoms with van der Waals surface area (Å²) in [6.07, 6.45) is -6.16. The first kappa shape index (κ1) is 16.2. The molecule has 0 saturated carbocycles. The number of sulfone groups is 1. The number of halogens is 3. The van der Waals surface area contributed by atoms with E-state index in [0.29, 0.717) is 6.42 Å². The Hall–Kier alpha value is -0.790. The summed E-state index contributed by atoms with van der Waals surface area (Å²) in [5, 5.41) is 7.29. The molecule has 0 saturated heterocycles. The number of hydrogen-bond donors (Lipinski definition) is 1. The third kappa shape index (κ3) is 7.19. The smallest absolute Gasteiger partial charge is 0.390 e. The van der Waals surface area contributed by atoms with Gasteiger partial charge in [0.2, 0.25) is 0 Å². The van der Waals surface area contributed by atoms with E-state index in [2.05, 4.69) is 0 Å². The Morgan fingerprint density at radius 2 is 1.88 bits per heavy atom. The summed E-state index contributed by atoms with van der Waals surface area (Å²) in [5.41, 5.74) is 0. The van der Waals surface area contributed by atoms with Crippen LogP contribution in [0.1, 0.15) is 32.6 Å². The molecule has 0 aromatic carbocycles. The van der Waals surface area contributed by atoms with Crippen LogP contribution in [0.2, 0.25) is 0 Å². The highest BCUT2D eigenvalue weighted by molar-refractivity contribution is 7.92. The second-order valence-electron chi connectivity index (χ2n) is 3.74. The molecule has 0 rings (SSSR count). The molecule has 0 bridgehead atoms. The standard InChI is InChI=1S/C9H15F3O4S/c1-2-3-7(6-8(13)14)17(15,16)5-4-9(10,11)12/h7H,2-6H2,1H3,(H,13,14). The fourth-order valence-electron chi connectivity index (χ4n) is 1.35. The van der Waals surface area contributed by atoms with Gasteiger partial charge in [-0.15, -0.1) is 0 Å². The second kappa shape index (κ2) is 6.23. The minimum absolute atomic E-state index is 0.0620. The summed E-state index contributed by atoms with van der Waals surface area (Å²) < 4.78 is 58.8. The van der Waals surface area contributed by atoms with Crippen LogP contribution in [0.3, 0.4) is 0 Å². The van der Waals surface area contributed by atoms with Gasteiger partial charge < -0.3 is 5.11 Å². The van der Waals surface area contributed by atoms with Gasteiger partial charge in [0, 0.05) is 0 Å². The summed E-state index contributed by atoms with van der Waals surface area (Å²) in [7, 11) is -4.01. The predicted octanol–water partition coefficient (Wildman–Crippen LogP) is 2.00. The van der Waals surface area contributed by atoms with Crippen molar-refractivity contribution in [3.8, 4) is 0 Å². The van der Waals surface area contributed by atoms with Crippen LogP contribution in [0.25, 0.3) is 0 Å². The Kier molecular flexibility index (Phi) is 5.94. The Bertz CT molecular complexity index is 348. The Labute approximate surface area is 97.7 Å². The molecule has 8 heteroatoms. The van der Waals surface area contributed by atoms with E-state index in [1.54, 1.807) is 6.92 Å². The molecule has 0 aromatic heterocycles. The Morgan fingerprint density at radius 1 is 1.35 bits per heavy atom. The fourth-order valence-corrected chi connectivity index (χ4v) is 3.19. The van der Waals surface area contributed by atoms with E-state index in [0.717, 1.165) is 0 Å². The highest BCUT2D eigenvalue weighted by atomic mass is 32.2. The van der Waals surface area contributed by atoms with E-state index in [9.17, 15) is 26.4 Å². The predicted molar refractivity (Wildman–Crippen MR) is 55.4 cm³/mol. The van der Waals surface area contributed by atoms with Crippen molar-refractivity contribution in [2.24, 2.45) is 0 Å². The van der Waals surface area contributed by atoms with E-state index in [4.69, 9.17) is 5.11 Å². The summed E-state index contributed by atoms with van der Waals surface area (Å²) in [6.45, 7) is 1.65. The maximum atomic E-state index is 11.9. The van der Waals surface area contributed by atoms with Gasteiger partial charge in [0.05, 0.1) is 23.8 Å². The van der Waals surface area contributed by atoms with Crippen LogP contribution in [0.15, 0.2) is 0 Å². The van der Waals surface area contributed by atoms with E-state index in [1.807, 2.05) is 0 Å². The Balaban J connectivity index is 4.66.